The largest absolute Gasteiger partial charge is 0.352 e. The van der Waals surface area contributed by atoms with E-state index in [1.54, 1.807) is 0 Å². The highest BCUT2D eigenvalue weighted by Gasteiger charge is 2.44. The average Bonchev–Trinajstić information content (AvgIpc) is 3.00. The Bertz CT molecular complexity index is 304. The van der Waals surface area contributed by atoms with Gasteiger partial charge in [-0.3, -0.25) is 9.69 Å². The van der Waals surface area contributed by atoms with E-state index >= 15 is 0 Å². The third kappa shape index (κ3) is 2.08. The van der Waals surface area contributed by atoms with Gasteiger partial charge in [0.2, 0.25) is 5.91 Å². The van der Waals surface area contributed by atoms with Gasteiger partial charge in [-0.25, -0.2) is 0 Å². The van der Waals surface area contributed by atoms with Crippen LogP contribution in [-0.4, -0.2) is 42.5 Å². The van der Waals surface area contributed by atoms with Crippen molar-refractivity contribution in [3.05, 3.63) is 0 Å². The minimum atomic E-state index is -0.215. The summed E-state index contributed by atoms with van der Waals surface area (Å²) in [6, 6.07) is 1.19. The van der Waals surface area contributed by atoms with Crippen molar-refractivity contribution in [2.75, 3.05) is 19.6 Å². The Morgan fingerprint density at radius 1 is 1.35 bits per heavy atom. The molecule has 4 heteroatoms. The highest BCUT2D eigenvalue weighted by Crippen LogP contribution is 2.40. The van der Waals surface area contributed by atoms with E-state index in [4.69, 9.17) is 5.73 Å². The van der Waals surface area contributed by atoms with E-state index in [-0.39, 0.29) is 11.3 Å². The molecule has 1 atom stereocenters. The van der Waals surface area contributed by atoms with Gasteiger partial charge in [-0.05, 0) is 32.1 Å². The van der Waals surface area contributed by atoms with Gasteiger partial charge in [-0.2, -0.15) is 0 Å². The lowest BCUT2D eigenvalue weighted by Gasteiger charge is -2.39. The number of nitrogens with zero attached hydrogens (tertiary/aromatic N) is 1. The fourth-order valence-corrected chi connectivity index (χ4v) is 3.14. The number of carbonyl (C=O) groups excluding carboxylic acids is 1. The van der Waals surface area contributed by atoms with Gasteiger partial charge < -0.3 is 11.1 Å². The van der Waals surface area contributed by atoms with Crippen LogP contribution in [0.25, 0.3) is 0 Å². The summed E-state index contributed by atoms with van der Waals surface area (Å²) in [6.07, 6.45) is 6.94. The first-order chi connectivity index (χ1) is 8.23. The Morgan fingerprint density at radius 3 is 2.65 bits per heavy atom. The molecule has 1 aliphatic heterocycles. The van der Waals surface area contributed by atoms with Gasteiger partial charge in [-0.1, -0.05) is 6.42 Å². The van der Waals surface area contributed by atoms with Crippen molar-refractivity contribution in [3.63, 3.8) is 0 Å². The standard InChI is InChI=1S/C13H23N3O/c14-9-13(5-1-6-13)12(17)15-10-4-7-16(8-10)11-2-3-11/h10-11H,1-9,14H2,(H,15,17). The van der Waals surface area contributed by atoms with Crippen molar-refractivity contribution in [3.8, 4) is 0 Å². The lowest BCUT2D eigenvalue weighted by molar-refractivity contribution is -0.135. The van der Waals surface area contributed by atoms with Crippen molar-refractivity contribution < 1.29 is 4.79 Å². The first-order valence-corrected chi connectivity index (χ1v) is 6.99. The first-order valence-electron chi connectivity index (χ1n) is 6.99. The molecular weight excluding hydrogens is 214 g/mol. The minimum Gasteiger partial charge on any atom is -0.352 e. The third-order valence-electron chi connectivity index (χ3n) is 4.80. The number of nitrogens with two attached hydrogens (primary N) is 1. The average molecular weight is 237 g/mol. The molecule has 3 fully saturated rings. The van der Waals surface area contributed by atoms with Crippen LogP contribution in [0.2, 0.25) is 0 Å². The summed E-state index contributed by atoms with van der Waals surface area (Å²) in [5.41, 5.74) is 5.54. The second kappa shape index (κ2) is 4.25. The maximum absolute atomic E-state index is 12.2. The summed E-state index contributed by atoms with van der Waals surface area (Å²) < 4.78 is 0. The second-order valence-corrected chi connectivity index (χ2v) is 6.02. The molecule has 0 aromatic carbocycles. The Kier molecular flexibility index (Phi) is 2.87. The van der Waals surface area contributed by atoms with Crippen molar-refractivity contribution in [2.45, 2.75) is 50.6 Å². The SMILES string of the molecule is NCC1(C(=O)NC2CCN(C3CC3)C2)CCC1. The number of rotatable bonds is 4. The van der Waals surface area contributed by atoms with Crippen molar-refractivity contribution in [1.82, 2.24) is 10.2 Å². The lowest BCUT2D eigenvalue weighted by atomic mass is 9.68. The zero-order valence-electron chi connectivity index (χ0n) is 10.5. The van der Waals surface area contributed by atoms with Gasteiger partial charge in [0.15, 0.2) is 0 Å². The summed E-state index contributed by atoms with van der Waals surface area (Å²) >= 11 is 0. The molecule has 3 N–H and O–H groups in total. The summed E-state index contributed by atoms with van der Waals surface area (Å²) in [7, 11) is 0. The minimum absolute atomic E-state index is 0.215. The predicted molar refractivity (Wildman–Crippen MR) is 66.5 cm³/mol. The molecule has 1 amide bonds. The van der Waals surface area contributed by atoms with Crippen molar-refractivity contribution in [1.29, 1.82) is 0 Å². The van der Waals surface area contributed by atoms with Crippen LogP contribution in [0.4, 0.5) is 0 Å². The van der Waals surface area contributed by atoms with E-state index in [1.165, 1.54) is 12.8 Å². The van der Waals surface area contributed by atoms with E-state index in [0.717, 1.165) is 44.8 Å². The molecule has 4 nitrogen and oxygen atoms in total. The number of nitrogens with one attached hydrogen (secondary N) is 1. The zero-order chi connectivity index (χ0) is 11.9. The highest BCUT2D eigenvalue weighted by atomic mass is 16.2. The number of hydrogen-bond donors (Lipinski definition) is 2. The smallest absolute Gasteiger partial charge is 0.227 e. The van der Waals surface area contributed by atoms with Crippen molar-refractivity contribution in [2.24, 2.45) is 11.1 Å². The van der Waals surface area contributed by atoms with Gasteiger partial charge >= 0.3 is 0 Å². The zero-order valence-corrected chi connectivity index (χ0v) is 10.5. The van der Waals surface area contributed by atoms with Crippen molar-refractivity contribution >= 4 is 5.91 Å². The topological polar surface area (TPSA) is 58.4 Å². The number of carbonyl (C=O) groups is 1. The molecule has 0 spiro atoms. The molecule has 0 aromatic rings. The maximum Gasteiger partial charge on any atom is 0.227 e. The Hall–Kier alpha value is -0.610. The summed E-state index contributed by atoms with van der Waals surface area (Å²) in [4.78, 5) is 14.7. The highest BCUT2D eigenvalue weighted by molar-refractivity contribution is 5.84. The second-order valence-electron chi connectivity index (χ2n) is 6.02. The van der Waals surface area contributed by atoms with Crippen LogP contribution in [-0.2, 0) is 4.79 Å². The summed E-state index contributed by atoms with van der Waals surface area (Å²) in [6.45, 7) is 2.72. The Labute approximate surface area is 103 Å². The summed E-state index contributed by atoms with van der Waals surface area (Å²) in [5.74, 6) is 0.217. The van der Waals surface area contributed by atoms with E-state index in [2.05, 4.69) is 10.2 Å². The van der Waals surface area contributed by atoms with Crippen LogP contribution in [0.3, 0.4) is 0 Å². The Balaban J connectivity index is 1.51. The van der Waals surface area contributed by atoms with Gasteiger partial charge in [0.1, 0.15) is 0 Å². The van der Waals surface area contributed by atoms with E-state index in [1.807, 2.05) is 0 Å². The quantitative estimate of drug-likeness (QED) is 0.747. The number of hydrogen-bond acceptors (Lipinski definition) is 3. The molecular formula is C13H23N3O. The molecule has 1 heterocycles. The van der Waals surface area contributed by atoms with Gasteiger partial charge in [0, 0.05) is 31.7 Å². The molecule has 3 aliphatic rings. The molecule has 2 saturated carbocycles. The van der Waals surface area contributed by atoms with E-state index < -0.39 is 0 Å². The molecule has 0 radical (unpaired) electrons. The molecule has 0 aromatic heterocycles. The van der Waals surface area contributed by atoms with Crippen LogP contribution in [0.15, 0.2) is 0 Å². The molecule has 2 aliphatic carbocycles. The number of likely N-dealkylation sites (tertiary alicyclic amines) is 1. The van der Waals surface area contributed by atoms with Crippen LogP contribution in [0.1, 0.15) is 38.5 Å². The molecule has 1 unspecified atom stereocenters. The first kappa shape index (κ1) is 11.5. The summed E-state index contributed by atoms with van der Waals surface area (Å²) in [5, 5.41) is 3.22. The van der Waals surface area contributed by atoms with E-state index in [0.29, 0.717) is 12.6 Å². The Morgan fingerprint density at radius 2 is 2.12 bits per heavy atom. The van der Waals surface area contributed by atoms with E-state index in [9.17, 15) is 4.79 Å². The van der Waals surface area contributed by atoms with Gasteiger partial charge in [0.25, 0.3) is 0 Å². The van der Waals surface area contributed by atoms with Crippen LogP contribution in [0.5, 0.6) is 0 Å². The fourth-order valence-electron chi connectivity index (χ4n) is 3.14. The lowest BCUT2D eigenvalue weighted by Crippen LogP contribution is -2.53. The monoisotopic (exact) mass is 237 g/mol. The molecule has 1 saturated heterocycles. The molecule has 96 valence electrons. The molecule has 3 rings (SSSR count). The normalized spacial score (nSPS) is 32.2. The predicted octanol–water partition coefficient (Wildman–Crippen LogP) is 0.468. The van der Waals surface area contributed by atoms with Gasteiger partial charge in [0.05, 0.1) is 5.41 Å². The molecule has 17 heavy (non-hydrogen) atoms. The number of amides is 1. The van der Waals surface area contributed by atoms with Gasteiger partial charge in [-0.15, -0.1) is 0 Å². The fraction of sp³-hybridized carbons (Fsp3) is 0.923. The van der Waals surface area contributed by atoms with Crippen LogP contribution in [0, 0.1) is 5.41 Å². The maximum atomic E-state index is 12.2. The van der Waals surface area contributed by atoms with Crippen LogP contribution >= 0.6 is 0 Å². The van der Waals surface area contributed by atoms with Crippen LogP contribution < -0.4 is 11.1 Å². The third-order valence-corrected chi connectivity index (χ3v) is 4.80. The molecule has 0 bridgehead atoms.